The topological polar surface area (TPSA) is 52.7 Å². The number of aryl methyl sites for hydroxylation is 1. The van der Waals surface area contributed by atoms with Gasteiger partial charge in [-0.05, 0) is 51.2 Å². The van der Waals surface area contributed by atoms with Crippen molar-refractivity contribution in [2.75, 3.05) is 46.8 Å². The monoisotopic (exact) mass is 341 g/mol. The van der Waals surface area contributed by atoms with Crippen LogP contribution in [0.15, 0.2) is 23.1 Å². The van der Waals surface area contributed by atoms with Crippen LogP contribution in [0, 0.1) is 24.1 Å². The first-order chi connectivity index (χ1) is 10.7. The number of sulfonamides is 1. The van der Waals surface area contributed by atoms with Gasteiger partial charge >= 0.3 is 0 Å². The van der Waals surface area contributed by atoms with E-state index in [1.165, 1.54) is 12.1 Å². The molecule has 0 aromatic heterocycles. The van der Waals surface area contributed by atoms with Gasteiger partial charge in [-0.1, -0.05) is 6.07 Å². The second-order valence-corrected chi connectivity index (χ2v) is 9.04. The molecule has 0 aliphatic carbocycles. The Bertz CT molecular complexity index is 707. The first kappa shape index (κ1) is 16.8. The summed E-state index contributed by atoms with van der Waals surface area (Å²) in [5, 5.41) is 3.39. The minimum atomic E-state index is -3.66. The molecule has 1 N–H and O–H groups in total. The van der Waals surface area contributed by atoms with E-state index < -0.39 is 15.8 Å². The van der Waals surface area contributed by atoms with Crippen LogP contribution in [0.1, 0.15) is 5.56 Å². The van der Waals surface area contributed by atoms with Crippen molar-refractivity contribution in [2.24, 2.45) is 11.3 Å². The van der Waals surface area contributed by atoms with Crippen molar-refractivity contribution in [3.63, 3.8) is 0 Å². The molecule has 2 aliphatic heterocycles. The average molecular weight is 341 g/mol. The number of halogens is 1. The van der Waals surface area contributed by atoms with E-state index in [-0.39, 0.29) is 10.3 Å². The Balaban J connectivity index is 1.92. The molecular formula is C16H24FN3O2S. The molecule has 2 fully saturated rings. The molecule has 2 saturated heterocycles. The predicted octanol–water partition coefficient (Wildman–Crippen LogP) is 0.906. The fourth-order valence-corrected chi connectivity index (χ4v) is 5.82. The van der Waals surface area contributed by atoms with Crippen LogP contribution in [-0.4, -0.2) is 64.4 Å². The lowest BCUT2D eigenvalue weighted by Crippen LogP contribution is -2.42. The zero-order valence-corrected chi connectivity index (χ0v) is 14.7. The van der Waals surface area contributed by atoms with Crippen LogP contribution in [0.5, 0.6) is 0 Å². The van der Waals surface area contributed by atoms with Gasteiger partial charge in [0.05, 0.1) is 4.90 Å². The summed E-state index contributed by atoms with van der Waals surface area (Å²) in [6, 6.07) is 3.95. The normalized spacial score (nSPS) is 28.5. The zero-order chi connectivity index (χ0) is 16.8. The molecule has 2 aliphatic rings. The number of nitrogens with zero attached hydrogens (tertiary/aromatic N) is 2. The van der Waals surface area contributed by atoms with Gasteiger partial charge < -0.3 is 10.2 Å². The number of benzene rings is 1. The number of hydrogen-bond donors (Lipinski definition) is 1. The van der Waals surface area contributed by atoms with Crippen LogP contribution in [0.4, 0.5) is 4.39 Å². The van der Waals surface area contributed by atoms with Gasteiger partial charge in [-0.3, -0.25) is 0 Å². The van der Waals surface area contributed by atoms with E-state index in [1.54, 1.807) is 11.2 Å². The molecule has 0 spiro atoms. The largest absolute Gasteiger partial charge is 0.316 e. The minimum Gasteiger partial charge on any atom is -0.316 e. The summed E-state index contributed by atoms with van der Waals surface area (Å²) in [6.07, 6.45) is 0. The lowest BCUT2D eigenvalue weighted by atomic mass is 9.81. The summed E-state index contributed by atoms with van der Waals surface area (Å²) in [6.45, 7) is 5.20. The van der Waals surface area contributed by atoms with E-state index in [0.717, 1.165) is 25.7 Å². The fourth-order valence-electron chi connectivity index (χ4n) is 4.00. The second-order valence-electron chi connectivity index (χ2n) is 7.14. The molecule has 2 atom stereocenters. The van der Waals surface area contributed by atoms with Crippen LogP contribution >= 0.6 is 0 Å². The van der Waals surface area contributed by atoms with Crippen LogP contribution < -0.4 is 5.32 Å². The van der Waals surface area contributed by atoms with Crippen molar-refractivity contribution in [3.8, 4) is 0 Å². The molecule has 5 nitrogen and oxygen atoms in total. The molecule has 0 saturated carbocycles. The van der Waals surface area contributed by atoms with Crippen molar-refractivity contribution in [1.29, 1.82) is 0 Å². The SMILES string of the molecule is Cc1ccc(F)cc1S(=O)(=O)N1CC2CNCC2(CN(C)C)C1. The Morgan fingerprint density at radius 3 is 2.87 bits per heavy atom. The first-order valence-electron chi connectivity index (χ1n) is 7.86. The van der Waals surface area contributed by atoms with Gasteiger partial charge in [-0.25, -0.2) is 12.8 Å². The van der Waals surface area contributed by atoms with Crippen molar-refractivity contribution >= 4 is 10.0 Å². The Kier molecular flexibility index (Phi) is 4.25. The summed E-state index contributed by atoms with van der Waals surface area (Å²) in [5.74, 6) is -0.216. The van der Waals surface area contributed by atoms with E-state index in [0.29, 0.717) is 24.6 Å². The number of hydrogen-bond acceptors (Lipinski definition) is 4. The highest BCUT2D eigenvalue weighted by atomic mass is 32.2. The van der Waals surface area contributed by atoms with E-state index in [9.17, 15) is 12.8 Å². The first-order valence-corrected chi connectivity index (χ1v) is 9.30. The maximum atomic E-state index is 13.5. The Labute approximate surface area is 137 Å². The Hall–Kier alpha value is -1.02. The van der Waals surface area contributed by atoms with Gasteiger partial charge in [0, 0.05) is 31.6 Å². The van der Waals surface area contributed by atoms with Gasteiger partial charge in [-0.15, -0.1) is 0 Å². The molecule has 2 heterocycles. The Morgan fingerprint density at radius 2 is 2.17 bits per heavy atom. The van der Waals surface area contributed by atoms with Gasteiger partial charge in [-0.2, -0.15) is 4.31 Å². The lowest BCUT2D eigenvalue weighted by Gasteiger charge is -2.31. The molecule has 1 aromatic carbocycles. The Morgan fingerprint density at radius 1 is 1.43 bits per heavy atom. The van der Waals surface area contributed by atoms with Crippen molar-refractivity contribution in [1.82, 2.24) is 14.5 Å². The molecule has 128 valence electrons. The average Bonchev–Trinajstić information content (AvgIpc) is 2.97. The molecule has 3 rings (SSSR count). The maximum absolute atomic E-state index is 13.5. The van der Waals surface area contributed by atoms with Gasteiger partial charge in [0.1, 0.15) is 5.82 Å². The quantitative estimate of drug-likeness (QED) is 0.884. The summed E-state index contributed by atoms with van der Waals surface area (Å²) in [7, 11) is 0.363. The van der Waals surface area contributed by atoms with Crippen molar-refractivity contribution in [2.45, 2.75) is 11.8 Å². The van der Waals surface area contributed by atoms with E-state index in [2.05, 4.69) is 10.2 Å². The summed E-state index contributed by atoms with van der Waals surface area (Å²) in [5.41, 5.74) is 0.529. The van der Waals surface area contributed by atoms with E-state index in [1.807, 2.05) is 14.1 Å². The second kappa shape index (κ2) is 5.81. The van der Waals surface area contributed by atoms with Crippen LogP contribution in [0.25, 0.3) is 0 Å². The van der Waals surface area contributed by atoms with Crippen LogP contribution in [0.3, 0.4) is 0 Å². The predicted molar refractivity (Wildman–Crippen MR) is 87.2 cm³/mol. The molecular weight excluding hydrogens is 317 g/mol. The summed E-state index contributed by atoms with van der Waals surface area (Å²) >= 11 is 0. The molecule has 0 radical (unpaired) electrons. The highest BCUT2D eigenvalue weighted by molar-refractivity contribution is 7.89. The third-order valence-electron chi connectivity index (χ3n) is 5.05. The standard InChI is InChI=1S/C16H24FN3O2S/c1-12-4-5-14(17)6-15(12)23(21,22)20-8-13-7-18-9-16(13,11-20)10-19(2)3/h4-6,13,18H,7-11H2,1-3H3. The number of rotatable bonds is 4. The van der Waals surface area contributed by atoms with Gasteiger partial charge in [0.2, 0.25) is 10.0 Å². The minimum absolute atomic E-state index is 0.0577. The summed E-state index contributed by atoms with van der Waals surface area (Å²) < 4.78 is 41.1. The third kappa shape index (κ3) is 2.91. The highest BCUT2D eigenvalue weighted by Crippen LogP contribution is 2.41. The maximum Gasteiger partial charge on any atom is 0.243 e. The fraction of sp³-hybridized carbons (Fsp3) is 0.625. The number of fused-ring (bicyclic) bond motifs is 1. The van der Waals surface area contributed by atoms with Gasteiger partial charge in [0.15, 0.2) is 0 Å². The molecule has 0 bridgehead atoms. The summed E-state index contributed by atoms with van der Waals surface area (Å²) in [4.78, 5) is 2.20. The number of nitrogens with one attached hydrogen (secondary N) is 1. The molecule has 2 unspecified atom stereocenters. The third-order valence-corrected chi connectivity index (χ3v) is 7.00. The molecule has 0 amide bonds. The smallest absolute Gasteiger partial charge is 0.243 e. The van der Waals surface area contributed by atoms with Crippen molar-refractivity contribution < 1.29 is 12.8 Å². The van der Waals surface area contributed by atoms with E-state index >= 15 is 0 Å². The molecule has 7 heteroatoms. The van der Waals surface area contributed by atoms with E-state index in [4.69, 9.17) is 0 Å². The van der Waals surface area contributed by atoms with Crippen LogP contribution in [-0.2, 0) is 10.0 Å². The zero-order valence-electron chi connectivity index (χ0n) is 13.8. The lowest BCUT2D eigenvalue weighted by molar-refractivity contribution is 0.198. The highest BCUT2D eigenvalue weighted by Gasteiger charge is 2.52. The van der Waals surface area contributed by atoms with Crippen LogP contribution in [0.2, 0.25) is 0 Å². The van der Waals surface area contributed by atoms with Crippen molar-refractivity contribution in [3.05, 3.63) is 29.6 Å². The molecule has 1 aromatic rings. The van der Waals surface area contributed by atoms with Gasteiger partial charge in [0.25, 0.3) is 0 Å². The molecule has 23 heavy (non-hydrogen) atoms.